The zero-order chi connectivity index (χ0) is 57.1. The predicted molar refractivity (Wildman–Crippen MR) is 347 cm³/mol. The zero-order valence-electron chi connectivity index (χ0n) is 53.6. The monoisotopic (exact) mass is 1110 g/mol. The lowest BCUT2D eigenvalue weighted by atomic mass is 10.0. The van der Waals surface area contributed by atoms with E-state index in [2.05, 4.69) is 31.3 Å². The fraction of sp³-hybridized carbons (Fsp3) is 0.918. The average Bonchev–Trinajstić information content (AvgIpc) is 3.45. The highest BCUT2D eigenvalue weighted by atomic mass is 16.5. The molecule has 1 amide bonds. The molecule has 79 heavy (non-hydrogen) atoms. The van der Waals surface area contributed by atoms with Crippen LogP contribution >= 0.6 is 0 Å². The molecule has 0 heterocycles. The van der Waals surface area contributed by atoms with Crippen molar-refractivity contribution < 1.29 is 24.5 Å². The van der Waals surface area contributed by atoms with Gasteiger partial charge in [0.1, 0.15) is 0 Å². The summed E-state index contributed by atoms with van der Waals surface area (Å²) in [5.41, 5.74) is 0. The number of esters is 1. The van der Waals surface area contributed by atoms with Gasteiger partial charge in [0.2, 0.25) is 5.91 Å². The van der Waals surface area contributed by atoms with Crippen LogP contribution in [0.4, 0.5) is 0 Å². The number of nitrogens with one attached hydrogen (secondary N) is 1. The molecule has 468 valence electrons. The lowest BCUT2D eigenvalue weighted by Crippen LogP contribution is -2.45. The van der Waals surface area contributed by atoms with Crippen LogP contribution in [0.2, 0.25) is 0 Å². The van der Waals surface area contributed by atoms with Gasteiger partial charge in [-0.2, -0.15) is 0 Å². The van der Waals surface area contributed by atoms with E-state index in [0.717, 1.165) is 38.5 Å². The molecule has 0 aromatic heterocycles. The van der Waals surface area contributed by atoms with Crippen molar-refractivity contribution in [3.05, 3.63) is 24.3 Å². The van der Waals surface area contributed by atoms with Gasteiger partial charge in [-0.05, 0) is 57.8 Å². The summed E-state index contributed by atoms with van der Waals surface area (Å²) in [5.74, 6) is -0.0474. The number of hydrogen-bond donors (Lipinski definition) is 3. The molecule has 0 aromatic rings. The SMILES string of the molecule is CCCCCCCCCCCCCCCCCCC/C=C/C(O)C(CO)NC(=O)CCCCCCCCCCCC/C=C\CCCCCCCCCCCCCCOC(=O)CCCCCCCCCCCCCCCCCCC. The van der Waals surface area contributed by atoms with Crippen molar-refractivity contribution in [1.29, 1.82) is 0 Å². The highest BCUT2D eigenvalue weighted by molar-refractivity contribution is 5.76. The van der Waals surface area contributed by atoms with Crippen molar-refractivity contribution in [3.8, 4) is 0 Å². The number of carbonyl (C=O) groups is 2. The van der Waals surface area contributed by atoms with E-state index in [1.165, 1.54) is 340 Å². The Hall–Kier alpha value is -1.66. The average molecular weight is 1110 g/mol. The molecule has 0 radical (unpaired) electrons. The maximum Gasteiger partial charge on any atom is 0.305 e. The third-order valence-corrected chi connectivity index (χ3v) is 17.0. The van der Waals surface area contributed by atoms with Crippen LogP contribution in [-0.4, -0.2) is 47.4 Å². The summed E-state index contributed by atoms with van der Waals surface area (Å²) in [6.07, 6.45) is 86.9. The molecule has 0 saturated heterocycles. The molecule has 0 saturated carbocycles. The molecular weight excluding hydrogens is 971 g/mol. The molecule has 0 aliphatic carbocycles. The summed E-state index contributed by atoms with van der Waals surface area (Å²) >= 11 is 0. The number of ether oxygens (including phenoxy) is 1. The second-order valence-corrected chi connectivity index (χ2v) is 24.9. The van der Waals surface area contributed by atoms with Gasteiger partial charge in [-0.15, -0.1) is 0 Å². The lowest BCUT2D eigenvalue weighted by molar-refractivity contribution is -0.143. The molecule has 0 aromatic carbocycles. The summed E-state index contributed by atoms with van der Waals surface area (Å²) in [6, 6.07) is -0.630. The van der Waals surface area contributed by atoms with Crippen molar-refractivity contribution in [2.24, 2.45) is 0 Å². The van der Waals surface area contributed by atoms with Gasteiger partial charge in [0.25, 0.3) is 0 Å². The van der Waals surface area contributed by atoms with Crippen molar-refractivity contribution in [1.82, 2.24) is 5.32 Å². The minimum atomic E-state index is -0.846. The first-order valence-corrected chi connectivity index (χ1v) is 36.1. The first-order valence-electron chi connectivity index (χ1n) is 36.1. The van der Waals surface area contributed by atoms with Gasteiger partial charge in [0.15, 0.2) is 0 Å². The second kappa shape index (κ2) is 68.8. The van der Waals surface area contributed by atoms with Crippen LogP contribution in [0, 0.1) is 0 Å². The Morgan fingerprint density at radius 1 is 0.342 bits per heavy atom. The Morgan fingerprint density at radius 3 is 0.899 bits per heavy atom. The maximum atomic E-state index is 12.5. The van der Waals surface area contributed by atoms with E-state index < -0.39 is 12.1 Å². The van der Waals surface area contributed by atoms with Crippen LogP contribution in [0.5, 0.6) is 0 Å². The number of carbonyl (C=O) groups excluding carboxylic acids is 2. The molecule has 0 aliphatic heterocycles. The van der Waals surface area contributed by atoms with Gasteiger partial charge in [-0.25, -0.2) is 0 Å². The number of allylic oxidation sites excluding steroid dienone is 3. The standard InChI is InChI=1S/C73H141NO5/c1-3-5-7-9-11-13-15-17-19-21-30-34-37-41-45-49-53-57-61-65-71(76)70(69-75)74-72(77)66-62-58-54-50-46-42-38-35-31-28-26-24-22-23-25-27-29-32-36-40-44-48-52-56-60-64-68-79-73(78)67-63-59-55-51-47-43-39-33-20-18-16-14-12-10-8-6-4-2/h22,24,61,65,70-71,75-76H,3-21,23,25-60,62-64,66-69H2,1-2H3,(H,74,77)/b24-22-,65-61+. The number of hydrogen-bond acceptors (Lipinski definition) is 5. The number of aliphatic hydroxyl groups is 2. The minimum absolute atomic E-state index is 0.0187. The van der Waals surface area contributed by atoms with E-state index in [0.29, 0.717) is 19.4 Å². The predicted octanol–water partition coefficient (Wildman–Crippen LogP) is 23.3. The van der Waals surface area contributed by atoms with Crippen molar-refractivity contribution in [3.63, 3.8) is 0 Å². The van der Waals surface area contributed by atoms with Crippen molar-refractivity contribution in [2.45, 2.75) is 418 Å². The second-order valence-electron chi connectivity index (χ2n) is 24.9. The molecule has 6 heteroatoms. The van der Waals surface area contributed by atoms with E-state index in [1.54, 1.807) is 6.08 Å². The highest BCUT2D eigenvalue weighted by Gasteiger charge is 2.18. The zero-order valence-corrected chi connectivity index (χ0v) is 53.6. The number of unbranched alkanes of at least 4 members (excludes halogenated alkanes) is 55. The van der Waals surface area contributed by atoms with Crippen LogP contribution in [-0.2, 0) is 14.3 Å². The van der Waals surface area contributed by atoms with Gasteiger partial charge in [0, 0.05) is 12.8 Å². The molecule has 0 spiro atoms. The van der Waals surface area contributed by atoms with Gasteiger partial charge in [0.05, 0.1) is 25.4 Å². The number of rotatable bonds is 68. The largest absolute Gasteiger partial charge is 0.466 e. The first kappa shape index (κ1) is 77.3. The molecular formula is C73H141NO5. The topological polar surface area (TPSA) is 95.9 Å². The molecule has 0 aliphatic rings. The molecule has 3 N–H and O–H groups in total. The normalized spacial score (nSPS) is 12.6. The summed E-state index contributed by atoms with van der Waals surface area (Å²) in [7, 11) is 0. The van der Waals surface area contributed by atoms with E-state index in [1.807, 2.05) is 6.08 Å². The smallest absolute Gasteiger partial charge is 0.305 e. The van der Waals surface area contributed by atoms with Gasteiger partial charge >= 0.3 is 5.97 Å². The van der Waals surface area contributed by atoms with Crippen molar-refractivity contribution in [2.75, 3.05) is 13.2 Å². The molecule has 0 bridgehead atoms. The highest BCUT2D eigenvalue weighted by Crippen LogP contribution is 2.19. The maximum absolute atomic E-state index is 12.5. The first-order chi connectivity index (χ1) is 39.0. The van der Waals surface area contributed by atoms with Gasteiger partial charge < -0.3 is 20.3 Å². The fourth-order valence-corrected chi connectivity index (χ4v) is 11.5. The van der Waals surface area contributed by atoms with E-state index in [-0.39, 0.29) is 18.5 Å². The Bertz CT molecular complexity index is 1230. The quantitative estimate of drug-likeness (QED) is 0.0320. The third-order valence-electron chi connectivity index (χ3n) is 17.0. The van der Waals surface area contributed by atoms with E-state index in [9.17, 15) is 19.8 Å². The Morgan fingerprint density at radius 2 is 0.595 bits per heavy atom. The number of amides is 1. The summed E-state index contributed by atoms with van der Waals surface area (Å²) in [6.45, 7) is 4.95. The third kappa shape index (κ3) is 65.4. The van der Waals surface area contributed by atoms with Crippen molar-refractivity contribution >= 4 is 11.9 Å². The minimum Gasteiger partial charge on any atom is -0.466 e. The van der Waals surface area contributed by atoms with E-state index in [4.69, 9.17) is 4.74 Å². The van der Waals surface area contributed by atoms with Crippen LogP contribution in [0.15, 0.2) is 24.3 Å². The molecule has 6 nitrogen and oxygen atoms in total. The lowest BCUT2D eigenvalue weighted by Gasteiger charge is -2.20. The molecule has 0 rings (SSSR count). The molecule has 0 fully saturated rings. The van der Waals surface area contributed by atoms with Gasteiger partial charge in [-0.3, -0.25) is 9.59 Å². The summed E-state index contributed by atoms with van der Waals surface area (Å²) in [4.78, 5) is 24.6. The van der Waals surface area contributed by atoms with E-state index >= 15 is 0 Å². The Balaban J connectivity index is 3.39. The van der Waals surface area contributed by atoms with Crippen LogP contribution < -0.4 is 5.32 Å². The molecule has 2 unspecified atom stereocenters. The van der Waals surface area contributed by atoms with Crippen LogP contribution in [0.1, 0.15) is 406 Å². The molecule has 2 atom stereocenters. The van der Waals surface area contributed by atoms with Crippen LogP contribution in [0.3, 0.4) is 0 Å². The number of aliphatic hydroxyl groups excluding tert-OH is 2. The Labute approximate surface area is 494 Å². The van der Waals surface area contributed by atoms with Crippen LogP contribution in [0.25, 0.3) is 0 Å². The van der Waals surface area contributed by atoms with Gasteiger partial charge in [-0.1, -0.05) is 359 Å². The fourth-order valence-electron chi connectivity index (χ4n) is 11.5. The summed E-state index contributed by atoms with van der Waals surface area (Å²) in [5, 5.41) is 23.2. The summed E-state index contributed by atoms with van der Waals surface area (Å²) < 4.78 is 5.51. The Kier molecular flexibility index (Phi) is 67.4.